The third-order valence-corrected chi connectivity index (χ3v) is 7.26. The highest BCUT2D eigenvalue weighted by atomic mass is 16.5. The SMILES string of the molecule is Cc1cc(C)c(-c2cnc3c4cc(Oc5cccc(Oc6ccccn6)c5)ccc4c4ccccc4n23)c(C)c1. The predicted molar refractivity (Wildman–Crippen MR) is 161 cm³/mol. The van der Waals surface area contributed by atoms with Gasteiger partial charge in [0.25, 0.3) is 0 Å². The van der Waals surface area contributed by atoms with Crippen molar-refractivity contribution in [3.05, 3.63) is 126 Å². The lowest BCUT2D eigenvalue weighted by molar-refractivity contribution is 0.449. The second-order valence-electron chi connectivity index (χ2n) is 10.1. The zero-order valence-electron chi connectivity index (χ0n) is 22.6. The van der Waals surface area contributed by atoms with E-state index in [1.807, 2.05) is 54.7 Å². The molecule has 4 aromatic carbocycles. The summed E-state index contributed by atoms with van der Waals surface area (Å²) in [5.41, 5.74) is 8.10. The first-order chi connectivity index (χ1) is 19.5. The normalized spacial score (nSPS) is 11.4. The Bertz CT molecular complexity index is 2020. The standard InChI is InChI=1S/C35H27N3O2/c1-22-17-23(2)34(24(3)18-22)32-21-37-35-30-20-27(14-15-28(30)29-11-4-5-12-31(29)38(32)35)39-25-9-8-10-26(19-25)40-33-13-6-7-16-36-33/h4-21H,1-3H3. The molecule has 0 aliphatic rings. The van der Waals surface area contributed by atoms with Gasteiger partial charge in [0.05, 0.1) is 17.4 Å². The zero-order chi connectivity index (χ0) is 27.2. The molecule has 40 heavy (non-hydrogen) atoms. The number of para-hydroxylation sites is 1. The molecule has 0 bridgehead atoms. The lowest BCUT2D eigenvalue weighted by Crippen LogP contribution is -1.97. The molecule has 0 aliphatic carbocycles. The first-order valence-electron chi connectivity index (χ1n) is 13.3. The van der Waals surface area contributed by atoms with E-state index in [0.29, 0.717) is 17.4 Å². The summed E-state index contributed by atoms with van der Waals surface area (Å²) in [5, 5.41) is 3.34. The van der Waals surface area contributed by atoms with E-state index >= 15 is 0 Å². The number of rotatable bonds is 5. The summed E-state index contributed by atoms with van der Waals surface area (Å²) >= 11 is 0. The molecule has 0 fully saturated rings. The van der Waals surface area contributed by atoms with Crippen molar-refractivity contribution in [2.45, 2.75) is 20.8 Å². The topological polar surface area (TPSA) is 48.7 Å². The van der Waals surface area contributed by atoms with Crippen LogP contribution in [0.1, 0.15) is 16.7 Å². The van der Waals surface area contributed by atoms with Crippen molar-refractivity contribution in [2.24, 2.45) is 0 Å². The Labute approximate surface area is 232 Å². The smallest absolute Gasteiger partial charge is 0.219 e. The van der Waals surface area contributed by atoms with Crippen molar-refractivity contribution < 1.29 is 9.47 Å². The number of hydrogen-bond acceptors (Lipinski definition) is 4. The van der Waals surface area contributed by atoms with Crippen LogP contribution < -0.4 is 9.47 Å². The molecule has 0 spiro atoms. The highest BCUT2D eigenvalue weighted by molar-refractivity contribution is 6.12. The fraction of sp³-hybridized carbons (Fsp3) is 0.0857. The molecule has 0 saturated carbocycles. The number of aryl methyl sites for hydroxylation is 3. The van der Waals surface area contributed by atoms with Gasteiger partial charge in [-0.3, -0.25) is 4.40 Å². The van der Waals surface area contributed by atoms with Crippen molar-refractivity contribution >= 4 is 27.3 Å². The quantitative estimate of drug-likeness (QED) is 0.212. The Morgan fingerprint density at radius 1 is 0.600 bits per heavy atom. The van der Waals surface area contributed by atoms with Crippen molar-refractivity contribution in [3.63, 3.8) is 0 Å². The summed E-state index contributed by atoms with van der Waals surface area (Å²) in [7, 11) is 0. The second-order valence-corrected chi connectivity index (χ2v) is 10.1. The van der Waals surface area contributed by atoms with Gasteiger partial charge in [-0.25, -0.2) is 9.97 Å². The van der Waals surface area contributed by atoms with E-state index in [9.17, 15) is 0 Å². The van der Waals surface area contributed by atoms with Gasteiger partial charge in [-0.15, -0.1) is 0 Å². The molecule has 0 amide bonds. The summed E-state index contributed by atoms with van der Waals surface area (Å²) in [4.78, 5) is 9.21. The van der Waals surface area contributed by atoms with E-state index in [-0.39, 0.29) is 0 Å². The monoisotopic (exact) mass is 521 g/mol. The molecule has 0 aliphatic heterocycles. The molecule has 5 heteroatoms. The van der Waals surface area contributed by atoms with Crippen LogP contribution in [0.2, 0.25) is 0 Å². The lowest BCUT2D eigenvalue weighted by Gasteiger charge is -2.15. The van der Waals surface area contributed by atoms with Crippen LogP contribution in [-0.2, 0) is 0 Å². The van der Waals surface area contributed by atoms with Crippen molar-refractivity contribution in [2.75, 3.05) is 0 Å². The molecule has 0 unspecified atom stereocenters. The minimum Gasteiger partial charge on any atom is -0.457 e. The van der Waals surface area contributed by atoms with Gasteiger partial charge in [-0.05, 0) is 79.7 Å². The Morgan fingerprint density at radius 2 is 1.35 bits per heavy atom. The van der Waals surface area contributed by atoms with E-state index in [2.05, 4.69) is 78.7 Å². The predicted octanol–water partition coefficient (Wildman–Crippen LogP) is 9.21. The maximum absolute atomic E-state index is 6.33. The van der Waals surface area contributed by atoms with Crippen molar-refractivity contribution in [1.82, 2.24) is 14.4 Å². The molecule has 7 aromatic rings. The highest BCUT2D eigenvalue weighted by Crippen LogP contribution is 2.38. The first-order valence-corrected chi connectivity index (χ1v) is 13.3. The van der Waals surface area contributed by atoms with Crippen LogP contribution in [0.25, 0.3) is 38.6 Å². The van der Waals surface area contributed by atoms with Gasteiger partial charge in [0.15, 0.2) is 0 Å². The average Bonchev–Trinajstić information content (AvgIpc) is 3.38. The van der Waals surface area contributed by atoms with E-state index < -0.39 is 0 Å². The van der Waals surface area contributed by atoms with Crippen LogP contribution in [-0.4, -0.2) is 14.4 Å². The summed E-state index contributed by atoms with van der Waals surface area (Å²) in [5.74, 6) is 2.60. The van der Waals surface area contributed by atoms with Gasteiger partial charge >= 0.3 is 0 Å². The van der Waals surface area contributed by atoms with Crippen LogP contribution in [0.4, 0.5) is 0 Å². The maximum atomic E-state index is 6.33. The molecule has 5 nitrogen and oxygen atoms in total. The van der Waals surface area contributed by atoms with Gasteiger partial charge in [-0.1, -0.05) is 48.0 Å². The molecule has 0 atom stereocenters. The molecular formula is C35H27N3O2. The molecular weight excluding hydrogens is 494 g/mol. The third kappa shape index (κ3) is 4.12. The summed E-state index contributed by atoms with van der Waals surface area (Å²) in [6.07, 6.45) is 3.70. The first kappa shape index (κ1) is 23.9. The number of imidazole rings is 1. The van der Waals surface area contributed by atoms with Crippen LogP contribution >= 0.6 is 0 Å². The molecule has 0 radical (unpaired) electrons. The Morgan fingerprint density at radius 3 is 2.15 bits per heavy atom. The fourth-order valence-corrected chi connectivity index (χ4v) is 5.71. The molecule has 3 heterocycles. The Kier molecular flexibility index (Phi) is 5.71. The number of pyridine rings is 2. The summed E-state index contributed by atoms with van der Waals surface area (Å²) < 4.78 is 14.5. The summed E-state index contributed by atoms with van der Waals surface area (Å²) in [6, 6.07) is 32.4. The number of fused-ring (bicyclic) bond motifs is 6. The Hall–Kier alpha value is -5.16. The summed E-state index contributed by atoms with van der Waals surface area (Å²) in [6.45, 7) is 6.49. The van der Waals surface area contributed by atoms with Gasteiger partial charge in [0.1, 0.15) is 22.9 Å². The fourth-order valence-electron chi connectivity index (χ4n) is 5.71. The number of aromatic nitrogens is 3. The van der Waals surface area contributed by atoms with E-state index in [4.69, 9.17) is 14.5 Å². The van der Waals surface area contributed by atoms with Crippen molar-refractivity contribution in [3.8, 4) is 34.4 Å². The van der Waals surface area contributed by atoms with Gasteiger partial charge in [-0.2, -0.15) is 0 Å². The number of ether oxygens (including phenoxy) is 2. The average molecular weight is 522 g/mol. The molecule has 194 valence electrons. The van der Waals surface area contributed by atoms with Crippen LogP contribution in [0.5, 0.6) is 23.1 Å². The lowest BCUT2D eigenvalue weighted by atomic mass is 9.97. The van der Waals surface area contributed by atoms with Crippen LogP contribution in [0, 0.1) is 20.8 Å². The second kappa shape index (κ2) is 9.54. The van der Waals surface area contributed by atoms with Crippen molar-refractivity contribution in [1.29, 1.82) is 0 Å². The minimum absolute atomic E-state index is 0.536. The zero-order valence-corrected chi connectivity index (χ0v) is 22.6. The van der Waals surface area contributed by atoms with Gasteiger partial charge in [0, 0.05) is 34.7 Å². The van der Waals surface area contributed by atoms with Gasteiger partial charge in [0.2, 0.25) is 5.88 Å². The molecule has 3 aromatic heterocycles. The maximum Gasteiger partial charge on any atom is 0.219 e. The van der Waals surface area contributed by atoms with E-state index in [1.165, 1.54) is 27.6 Å². The minimum atomic E-state index is 0.536. The molecule has 0 saturated heterocycles. The Balaban J connectivity index is 1.36. The number of hydrogen-bond donors (Lipinski definition) is 0. The molecule has 7 rings (SSSR count). The highest BCUT2D eigenvalue weighted by Gasteiger charge is 2.17. The number of benzene rings is 4. The van der Waals surface area contributed by atoms with Crippen LogP contribution in [0.3, 0.4) is 0 Å². The largest absolute Gasteiger partial charge is 0.457 e. The van der Waals surface area contributed by atoms with Crippen LogP contribution in [0.15, 0.2) is 109 Å². The number of nitrogens with zero attached hydrogens (tertiary/aromatic N) is 3. The van der Waals surface area contributed by atoms with Gasteiger partial charge < -0.3 is 9.47 Å². The van der Waals surface area contributed by atoms with E-state index in [0.717, 1.165) is 33.4 Å². The van der Waals surface area contributed by atoms with E-state index in [1.54, 1.807) is 6.20 Å². The molecule has 0 N–H and O–H groups in total. The third-order valence-electron chi connectivity index (χ3n) is 7.26.